The fourth-order valence-electron chi connectivity index (χ4n) is 1.82. The zero-order valence-electron chi connectivity index (χ0n) is 10.7. The van der Waals surface area contributed by atoms with Gasteiger partial charge in [0.25, 0.3) is 0 Å². The zero-order valence-corrected chi connectivity index (χ0v) is 13.8. The minimum atomic E-state index is 0.0443. The Bertz CT molecular complexity index is 644. The Morgan fingerprint density at radius 3 is 2.80 bits per heavy atom. The second-order valence-electron chi connectivity index (χ2n) is 4.27. The van der Waals surface area contributed by atoms with Crippen LogP contribution in [-0.2, 0) is 6.54 Å². The molecule has 106 valence electrons. The molecule has 0 fully saturated rings. The lowest BCUT2D eigenvalue weighted by Crippen LogP contribution is -2.17. The van der Waals surface area contributed by atoms with Gasteiger partial charge in [0.2, 0.25) is 0 Å². The summed E-state index contributed by atoms with van der Waals surface area (Å²) >= 11 is 11.4. The van der Waals surface area contributed by atoms with Crippen molar-refractivity contribution < 1.29 is 5.21 Å². The van der Waals surface area contributed by atoms with E-state index in [2.05, 4.69) is 32.5 Å². The number of rotatable bonds is 4. The number of halogens is 2. The molecule has 0 aliphatic heterocycles. The van der Waals surface area contributed by atoms with Crippen molar-refractivity contribution in [3.8, 4) is 0 Å². The molecule has 0 saturated heterocycles. The van der Waals surface area contributed by atoms with Gasteiger partial charge in [0, 0.05) is 19.2 Å². The lowest BCUT2D eigenvalue weighted by atomic mass is 10.1. The van der Waals surface area contributed by atoms with Crippen LogP contribution in [0.15, 0.2) is 38.6 Å². The van der Waals surface area contributed by atoms with Crippen molar-refractivity contribution in [3.05, 3.63) is 49.6 Å². The SMILES string of the molecule is CN(Cc1csc(Br)c1)c1ccc(C(N)=NO)cc1Cl. The lowest BCUT2D eigenvalue weighted by molar-refractivity contribution is 0.318. The molecule has 0 aliphatic carbocycles. The highest BCUT2D eigenvalue weighted by molar-refractivity contribution is 9.11. The maximum absolute atomic E-state index is 8.66. The van der Waals surface area contributed by atoms with Gasteiger partial charge in [-0.3, -0.25) is 0 Å². The first kappa shape index (κ1) is 15.2. The molecule has 0 spiro atoms. The third-order valence-corrected chi connectivity index (χ3v) is 4.66. The van der Waals surface area contributed by atoms with Gasteiger partial charge in [-0.1, -0.05) is 16.8 Å². The fourth-order valence-corrected chi connectivity index (χ4v) is 3.35. The predicted octanol–water partition coefficient (Wildman–Crippen LogP) is 3.89. The summed E-state index contributed by atoms with van der Waals surface area (Å²) in [5.41, 5.74) is 8.23. The minimum Gasteiger partial charge on any atom is -0.409 e. The van der Waals surface area contributed by atoms with E-state index >= 15 is 0 Å². The van der Waals surface area contributed by atoms with Gasteiger partial charge >= 0.3 is 0 Å². The third-order valence-electron chi connectivity index (χ3n) is 2.80. The molecule has 0 radical (unpaired) electrons. The molecule has 2 rings (SSSR count). The van der Waals surface area contributed by atoms with Gasteiger partial charge in [-0.2, -0.15) is 0 Å². The summed E-state index contributed by atoms with van der Waals surface area (Å²) in [5, 5.41) is 14.3. The number of nitrogens with zero attached hydrogens (tertiary/aromatic N) is 2. The normalized spacial score (nSPS) is 11.7. The van der Waals surface area contributed by atoms with E-state index in [0.29, 0.717) is 10.6 Å². The number of amidine groups is 1. The fraction of sp³-hybridized carbons (Fsp3) is 0.154. The van der Waals surface area contributed by atoms with Gasteiger partial charge in [0.1, 0.15) is 0 Å². The van der Waals surface area contributed by atoms with Crippen LogP contribution < -0.4 is 10.6 Å². The smallest absolute Gasteiger partial charge is 0.170 e. The van der Waals surface area contributed by atoms with Crippen LogP contribution in [0.25, 0.3) is 0 Å². The highest BCUT2D eigenvalue weighted by Crippen LogP contribution is 2.28. The molecule has 0 aliphatic rings. The standard InChI is InChI=1S/C13H13BrClN3OS/c1-18(6-8-4-12(14)20-7-8)11-3-2-9(5-10(11)15)13(16)17-19/h2-5,7,19H,6H2,1H3,(H2,16,17). The van der Waals surface area contributed by atoms with E-state index in [-0.39, 0.29) is 5.84 Å². The van der Waals surface area contributed by atoms with Crippen LogP contribution in [0, 0.1) is 0 Å². The summed E-state index contributed by atoms with van der Waals surface area (Å²) in [7, 11) is 1.97. The Kier molecular flexibility index (Phi) is 4.91. The predicted molar refractivity (Wildman–Crippen MR) is 88.1 cm³/mol. The van der Waals surface area contributed by atoms with Crippen LogP contribution >= 0.6 is 38.9 Å². The number of hydrogen-bond donors (Lipinski definition) is 2. The molecular formula is C13H13BrClN3OS. The quantitative estimate of drug-likeness (QED) is 0.369. The lowest BCUT2D eigenvalue weighted by Gasteiger charge is -2.20. The first-order chi connectivity index (χ1) is 9.51. The summed E-state index contributed by atoms with van der Waals surface area (Å²) in [4.78, 5) is 2.05. The molecule has 7 heteroatoms. The van der Waals surface area contributed by atoms with Crippen molar-refractivity contribution >= 4 is 50.4 Å². The number of thiophene rings is 1. The Labute approximate surface area is 134 Å². The van der Waals surface area contributed by atoms with Gasteiger partial charge in [0.15, 0.2) is 5.84 Å². The molecule has 0 amide bonds. The van der Waals surface area contributed by atoms with E-state index in [4.69, 9.17) is 22.5 Å². The summed E-state index contributed by atoms with van der Waals surface area (Å²) in [5.74, 6) is 0.0443. The van der Waals surface area contributed by atoms with Crippen LogP contribution in [0.3, 0.4) is 0 Å². The van der Waals surface area contributed by atoms with Crippen molar-refractivity contribution in [2.45, 2.75) is 6.54 Å². The second-order valence-corrected chi connectivity index (χ2v) is 6.96. The largest absolute Gasteiger partial charge is 0.409 e. The first-order valence-corrected chi connectivity index (χ1v) is 7.78. The molecule has 1 aromatic carbocycles. The van der Waals surface area contributed by atoms with Crippen LogP contribution in [0.1, 0.15) is 11.1 Å². The first-order valence-electron chi connectivity index (χ1n) is 5.72. The summed E-state index contributed by atoms with van der Waals surface area (Å²) in [6, 6.07) is 7.40. The van der Waals surface area contributed by atoms with Crippen molar-refractivity contribution in [1.82, 2.24) is 0 Å². The number of anilines is 1. The molecule has 1 heterocycles. The van der Waals surface area contributed by atoms with E-state index in [9.17, 15) is 0 Å². The van der Waals surface area contributed by atoms with E-state index in [1.165, 1.54) is 5.56 Å². The minimum absolute atomic E-state index is 0.0443. The van der Waals surface area contributed by atoms with Crippen LogP contribution in [0.4, 0.5) is 5.69 Å². The van der Waals surface area contributed by atoms with E-state index in [1.54, 1.807) is 23.5 Å². The maximum Gasteiger partial charge on any atom is 0.170 e. The summed E-state index contributed by atoms with van der Waals surface area (Å²) in [6.07, 6.45) is 0. The molecule has 4 nitrogen and oxygen atoms in total. The zero-order chi connectivity index (χ0) is 14.7. The summed E-state index contributed by atoms with van der Waals surface area (Å²) in [6.45, 7) is 0.755. The van der Waals surface area contributed by atoms with Gasteiger partial charge in [-0.15, -0.1) is 11.3 Å². The molecule has 1 aromatic heterocycles. The van der Waals surface area contributed by atoms with E-state index < -0.39 is 0 Å². The van der Waals surface area contributed by atoms with Gasteiger partial charge in [-0.25, -0.2) is 0 Å². The second kappa shape index (κ2) is 6.47. The Morgan fingerprint density at radius 1 is 1.50 bits per heavy atom. The molecule has 20 heavy (non-hydrogen) atoms. The van der Waals surface area contributed by atoms with Crippen molar-refractivity contribution in [1.29, 1.82) is 0 Å². The Hall–Kier alpha value is -1.24. The van der Waals surface area contributed by atoms with Crippen molar-refractivity contribution in [3.63, 3.8) is 0 Å². The van der Waals surface area contributed by atoms with Gasteiger partial charge in [-0.05, 0) is 51.1 Å². The molecule has 0 unspecified atom stereocenters. The molecule has 0 bridgehead atoms. The highest BCUT2D eigenvalue weighted by atomic mass is 79.9. The molecule has 0 atom stereocenters. The average Bonchev–Trinajstić information content (AvgIpc) is 2.82. The average molecular weight is 375 g/mol. The monoisotopic (exact) mass is 373 g/mol. The topological polar surface area (TPSA) is 61.8 Å². The Morgan fingerprint density at radius 2 is 2.25 bits per heavy atom. The summed E-state index contributed by atoms with van der Waals surface area (Å²) < 4.78 is 1.11. The number of benzene rings is 1. The van der Waals surface area contributed by atoms with Crippen LogP contribution in [-0.4, -0.2) is 18.1 Å². The molecular weight excluding hydrogens is 362 g/mol. The van der Waals surface area contributed by atoms with Crippen LogP contribution in [0.5, 0.6) is 0 Å². The number of nitrogens with two attached hydrogens (primary N) is 1. The maximum atomic E-state index is 8.66. The van der Waals surface area contributed by atoms with E-state index in [1.807, 2.05) is 18.0 Å². The van der Waals surface area contributed by atoms with Crippen LogP contribution in [0.2, 0.25) is 5.02 Å². The molecule has 3 N–H and O–H groups in total. The van der Waals surface area contributed by atoms with E-state index in [0.717, 1.165) is 16.0 Å². The highest BCUT2D eigenvalue weighted by Gasteiger charge is 2.10. The third kappa shape index (κ3) is 3.45. The van der Waals surface area contributed by atoms with Crippen molar-refractivity contribution in [2.75, 3.05) is 11.9 Å². The van der Waals surface area contributed by atoms with Gasteiger partial charge in [0.05, 0.1) is 14.5 Å². The number of oxime groups is 1. The molecule has 2 aromatic rings. The number of hydrogen-bond acceptors (Lipinski definition) is 4. The van der Waals surface area contributed by atoms with Gasteiger partial charge < -0.3 is 15.8 Å². The Balaban J connectivity index is 2.20. The van der Waals surface area contributed by atoms with Crippen molar-refractivity contribution in [2.24, 2.45) is 10.9 Å². The molecule has 0 saturated carbocycles.